The Balaban J connectivity index is 1.49. The molecular weight excluding hydrogens is 386 g/mol. The van der Waals surface area contributed by atoms with Crippen LogP contribution in [0.15, 0.2) is 11.6 Å². The molecule has 4 rings (SSSR count). The summed E-state index contributed by atoms with van der Waals surface area (Å²) in [6.45, 7) is 11.7. The molecule has 0 radical (unpaired) electrons. The summed E-state index contributed by atoms with van der Waals surface area (Å²) in [5.41, 5.74) is 2.50. The molecule has 4 aliphatic carbocycles. The molecule has 3 fully saturated rings. The predicted molar refractivity (Wildman–Crippen MR) is 123 cm³/mol. The van der Waals surface area contributed by atoms with E-state index in [0.717, 1.165) is 25.8 Å². The van der Waals surface area contributed by atoms with E-state index < -0.39 is 0 Å². The van der Waals surface area contributed by atoms with E-state index in [9.17, 15) is 9.59 Å². The number of esters is 1. The van der Waals surface area contributed by atoms with Crippen LogP contribution in [0.1, 0.15) is 92.4 Å². The van der Waals surface area contributed by atoms with Gasteiger partial charge in [-0.15, -0.1) is 0 Å². The van der Waals surface area contributed by atoms with E-state index in [1.165, 1.54) is 32.1 Å². The molecule has 1 amide bonds. The van der Waals surface area contributed by atoms with Crippen LogP contribution in [-0.4, -0.2) is 24.5 Å². The van der Waals surface area contributed by atoms with Gasteiger partial charge in [-0.2, -0.15) is 0 Å². The summed E-state index contributed by atoms with van der Waals surface area (Å²) in [6, 6.07) is 0. The molecule has 0 heterocycles. The number of nitrogens with one attached hydrogen (secondary N) is 1. The van der Waals surface area contributed by atoms with E-state index in [1.807, 2.05) is 6.92 Å². The maximum atomic E-state index is 11.8. The Morgan fingerprint density at radius 3 is 2.55 bits per heavy atom. The van der Waals surface area contributed by atoms with Crippen LogP contribution in [-0.2, 0) is 14.3 Å². The van der Waals surface area contributed by atoms with Crippen LogP contribution < -0.4 is 5.32 Å². The SMILES string of the molecule is CCC(=O)NC[C@@H](C)[C@H]1CC[C@H]2C3=CC[C@H]4C[C@@H](OC(C)=O)CC[C@]4(C)[C@H]3CC[C@]12C. The van der Waals surface area contributed by atoms with E-state index in [-0.39, 0.29) is 18.0 Å². The third-order valence-corrected chi connectivity index (χ3v) is 10.1. The standard InChI is InChI=1S/C27H43NO3/c1-6-25(30)28-16-17(2)22-9-10-23-21-8-7-19-15-20(31-18(3)29)11-13-26(19,4)24(21)12-14-27(22,23)5/h8,17,19-20,22-24H,6-7,9-16H2,1-5H3,(H,28,30)/t17-,19+,20+,22-,23+,24+,26+,27-/m1/s1. The minimum atomic E-state index is -0.129. The van der Waals surface area contributed by atoms with E-state index in [0.29, 0.717) is 46.8 Å². The number of rotatable bonds is 5. The fourth-order valence-electron chi connectivity index (χ4n) is 8.33. The zero-order valence-corrected chi connectivity index (χ0v) is 20.3. The Kier molecular flexibility index (Phi) is 6.31. The lowest BCUT2D eigenvalue weighted by Gasteiger charge is -2.58. The Morgan fingerprint density at radius 1 is 1.13 bits per heavy atom. The average Bonchev–Trinajstić information content (AvgIpc) is 3.09. The number of hydrogen-bond acceptors (Lipinski definition) is 3. The number of allylic oxidation sites excluding steroid dienone is 2. The van der Waals surface area contributed by atoms with Crippen LogP contribution in [0.25, 0.3) is 0 Å². The Labute approximate surface area is 189 Å². The van der Waals surface area contributed by atoms with Gasteiger partial charge in [0.2, 0.25) is 5.91 Å². The molecule has 0 aliphatic heterocycles. The number of fused-ring (bicyclic) bond motifs is 5. The van der Waals surface area contributed by atoms with Crippen molar-refractivity contribution in [2.75, 3.05) is 6.54 Å². The van der Waals surface area contributed by atoms with Crippen molar-refractivity contribution in [3.8, 4) is 0 Å². The molecule has 4 aliphatic rings. The Morgan fingerprint density at radius 2 is 1.84 bits per heavy atom. The summed E-state index contributed by atoms with van der Waals surface area (Å²) < 4.78 is 5.61. The van der Waals surface area contributed by atoms with Gasteiger partial charge >= 0.3 is 5.97 Å². The number of amides is 1. The molecule has 0 aromatic heterocycles. The van der Waals surface area contributed by atoms with Crippen molar-refractivity contribution in [2.45, 2.75) is 98.5 Å². The number of hydrogen-bond donors (Lipinski definition) is 1. The van der Waals surface area contributed by atoms with Crippen LogP contribution in [0.4, 0.5) is 0 Å². The van der Waals surface area contributed by atoms with Gasteiger partial charge in [-0.25, -0.2) is 0 Å². The predicted octanol–water partition coefficient (Wildman–Crippen LogP) is 5.66. The van der Waals surface area contributed by atoms with E-state index in [4.69, 9.17) is 4.74 Å². The first kappa shape index (κ1) is 22.9. The van der Waals surface area contributed by atoms with Gasteiger partial charge in [0.05, 0.1) is 0 Å². The van der Waals surface area contributed by atoms with Gasteiger partial charge in [0.15, 0.2) is 0 Å². The average molecular weight is 430 g/mol. The third kappa shape index (κ3) is 3.97. The second-order valence-electron chi connectivity index (χ2n) is 11.6. The van der Waals surface area contributed by atoms with Gasteiger partial charge in [-0.1, -0.05) is 39.3 Å². The zero-order valence-electron chi connectivity index (χ0n) is 20.3. The van der Waals surface area contributed by atoms with Crippen LogP contribution in [0.3, 0.4) is 0 Å². The van der Waals surface area contributed by atoms with E-state index in [2.05, 4.69) is 32.2 Å². The summed E-state index contributed by atoms with van der Waals surface area (Å²) in [5.74, 6) is 3.34. The summed E-state index contributed by atoms with van der Waals surface area (Å²) in [5, 5.41) is 3.15. The lowest BCUT2D eigenvalue weighted by Crippen LogP contribution is -2.50. The van der Waals surface area contributed by atoms with Crippen molar-refractivity contribution in [2.24, 2.45) is 40.4 Å². The smallest absolute Gasteiger partial charge is 0.302 e. The highest BCUT2D eigenvalue weighted by molar-refractivity contribution is 5.75. The van der Waals surface area contributed by atoms with Crippen molar-refractivity contribution in [3.63, 3.8) is 0 Å². The molecule has 31 heavy (non-hydrogen) atoms. The first-order valence-electron chi connectivity index (χ1n) is 12.8. The molecule has 0 spiro atoms. The minimum absolute atomic E-state index is 0.120. The van der Waals surface area contributed by atoms with E-state index >= 15 is 0 Å². The Hall–Kier alpha value is -1.32. The molecule has 0 saturated heterocycles. The van der Waals surface area contributed by atoms with Crippen molar-refractivity contribution >= 4 is 11.9 Å². The fourth-order valence-corrected chi connectivity index (χ4v) is 8.33. The molecule has 0 unspecified atom stereocenters. The van der Waals surface area contributed by atoms with Crippen molar-refractivity contribution in [3.05, 3.63) is 11.6 Å². The summed E-state index contributed by atoms with van der Waals surface area (Å²) in [7, 11) is 0. The topological polar surface area (TPSA) is 55.4 Å². The van der Waals surface area contributed by atoms with E-state index in [1.54, 1.807) is 12.5 Å². The lowest BCUT2D eigenvalue weighted by molar-refractivity contribution is -0.152. The third-order valence-electron chi connectivity index (χ3n) is 10.1. The summed E-state index contributed by atoms with van der Waals surface area (Å²) in [4.78, 5) is 23.3. The van der Waals surface area contributed by atoms with Crippen LogP contribution in [0.2, 0.25) is 0 Å². The fraction of sp³-hybridized carbons (Fsp3) is 0.852. The number of carbonyl (C=O) groups excluding carboxylic acids is 2. The zero-order chi connectivity index (χ0) is 22.4. The molecule has 0 aromatic carbocycles. The van der Waals surface area contributed by atoms with Crippen molar-refractivity contribution in [1.29, 1.82) is 0 Å². The first-order chi connectivity index (χ1) is 14.7. The molecule has 0 bridgehead atoms. The summed E-state index contributed by atoms with van der Waals surface area (Å²) >= 11 is 0. The quantitative estimate of drug-likeness (QED) is 0.453. The number of carbonyl (C=O) groups is 2. The van der Waals surface area contributed by atoms with Crippen molar-refractivity contribution < 1.29 is 14.3 Å². The monoisotopic (exact) mass is 429 g/mol. The summed E-state index contributed by atoms with van der Waals surface area (Å²) in [6.07, 6.45) is 12.9. The molecule has 8 atom stereocenters. The highest BCUT2D eigenvalue weighted by Crippen LogP contribution is 2.66. The van der Waals surface area contributed by atoms with Gasteiger partial charge in [0.25, 0.3) is 0 Å². The molecule has 1 N–H and O–H groups in total. The van der Waals surface area contributed by atoms with Gasteiger partial charge < -0.3 is 10.1 Å². The molecular formula is C27H43NO3. The Bertz CT molecular complexity index is 745. The maximum Gasteiger partial charge on any atom is 0.302 e. The van der Waals surface area contributed by atoms with Crippen molar-refractivity contribution in [1.82, 2.24) is 5.32 Å². The van der Waals surface area contributed by atoms with Gasteiger partial charge in [-0.05, 0) is 91.8 Å². The van der Waals surface area contributed by atoms with Gasteiger partial charge in [0, 0.05) is 19.9 Å². The molecule has 3 saturated carbocycles. The second kappa shape index (κ2) is 8.56. The maximum absolute atomic E-state index is 11.8. The molecule has 0 aromatic rings. The first-order valence-corrected chi connectivity index (χ1v) is 12.8. The van der Waals surface area contributed by atoms with Gasteiger partial charge in [0.1, 0.15) is 6.10 Å². The van der Waals surface area contributed by atoms with Crippen LogP contribution in [0.5, 0.6) is 0 Å². The molecule has 4 heteroatoms. The molecule has 174 valence electrons. The largest absolute Gasteiger partial charge is 0.463 e. The lowest BCUT2D eigenvalue weighted by atomic mass is 9.47. The highest BCUT2D eigenvalue weighted by atomic mass is 16.5. The minimum Gasteiger partial charge on any atom is -0.463 e. The van der Waals surface area contributed by atoms with Crippen LogP contribution in [0, 0.1) is 40.4 Å². The normalized spacial score (nSPS) is 42.5. The second-order valence-corrected chi connectivity index (χ2v) is 11.6. The number of ether oxygens (including phenoxy) is 1. The highest BCUT2D eigenvalue weighted by Gasteiger charge is 2.58. The molecule has 4 nitrogen and oxygen atoms in total. The van der Waals surface area contributed by atoms with Gasteiger partial charge in [-0.3, -0.25) is 9.59 Å². The van der Waals surface area contributed by atoms with Crippen LogP contribution >= 0.6 is 0 Å².